The number of hydrogen-bond donors (Lipinski definition) is 0. The first kappa shape index (κ1) is 11.1. The summed E-state index contributed by atoms with van der Waals surface area (Å²) in [6.45, 7) is 3.85. The van der Waals surface area contributed by atoms with Crippen LogP contribution in [-0.2, 0) is 4.84 Å². The maximum absolute atomic E-state index is 5.87. The Balaban J connectivity index is 2.67. The van der Waals surface area contributed by atoms with E-state index in [0.29, 0.717) is 22.2 Å². The van der Waals surface area contributed by atoms with Crippen LogP contribution in [-0.4, -0.2) is 12.8 Å². The third-order valence-electron chi connectivity index (χ3n) is 1.35. The first-order valence-electron chi connectivity index (χ1n) is 3.87. The summed E-state index contributed by atoms with van der Waals surface area (Å²) < 4.78 is 0. The molecule has 0 saturated carbocycles. The molecule has 0 amide bonds. The van der Waals surface area contributed by atoms with Crippen molar-refractivity contribution in [3.63, 3.8) is 0 Å². The summed E-state index contributed by atoms with van der Waals surface area (Å²) in [4.78, 5) is 4.82. The van der Waals surface area contributed by atoms with Crippen molar-refractivity contribution in [2.45, 2.75) is 0 Å². The Labute approximate surface area is 92.8 Å². The highest BCUT2D eigenvalue weighted by atomic mass is 35.5. The Morgan fingerprint density at radius 2 is 2.36 bits per heavy atom. The van der Waals surface area contributed by atoms with Crippen molar-refractivity contribution >= 4 is 29.4 Å². The Morgan fingerprint density at radius 1 is 1.57 bits per heavy atom. The van der Waals surface area contributed by atoms with Gasteiger partial charge in [-0.3, -0.25) is 0 Å². The lowest BCUT2D eigenvalue weighted by Gasteiger charge is -1.97. The molecule has 0 saturated heterocycles. The fourth-order valence-electron chi connectivity index (χ4n) is 0.741. The highest BCUT2D eigenvalue weighted by Crippen LogP contribution is 2.18. The van der Waals surface area contributed by atoms with Crippen LogP contribution in [0.1, 0.15) is 5.56 Å². The number of oxime groups is 1. The Morgan fingerprint density at radius 3 is 3.00 bits per heavy atom. The summed E-state index contributed by atoms with van der Waals surface area (Å²) in [5.74, 6) is 0. The van der Waals surface area contributed by atoms with Gasteiger partial charge in [-0.2, -0.15) is 0 Å². The second-order valence-corrected chi connectivity index (χ2v) is 3.22. The molecule has 0 atom stereocenters. The van der Waals surface area contributed by atoms with Crippen molar-refractivity contribution in [2.75, 3.05) is 6.61 Å². The van der Waals surface area contributed by atoms with Crippen LogP contribution in [0, 0.1) is 6.07 Å². The molecule has 1 aromatic carbocycles. The second kappa shape index (κ2) is 5.68. The minimum atomic E-state index is 0.366. The molecule has 0 aliphatic rings. The van der Waals surface area contributed by atoms with E-state index in [4.69, 9.17) is 28.0 Å². The average molecular weight is 229 g/mol. The predicted molar refractivity (Wildman–Crippen MR) is 59.0 cm³/mol. The van der Waals surface area contributed by atoms with Gasteiger partial charge in [-0.1, -0.05) is 41.0 Å². The predicted octanol–water partition coefficient (Wildman–Crippen LogP) is 3.33. The average Bonchev–Trinajstić information content (AvgIpc) is 2.15. The van der Waals surface area contributed by atoms with Crippen LogP contribution in [0.4, 0.5) is 0 Å². The molecular weight excluding hydrogens is 221 g/mol. The second-order valence-electron chi connectivity index (χ2n) is 2.40. The summed E-state index contributed by atoms with van der Waals surface area (Å²) in [6.07, 6.45) is 3.10. The smallest absolute Gasteiger partial charge is 0.135 e. The standard InChI is InChI=1S/C10H8Cl2NO/c1-2-5-14-13-7-8-3-4-9(11)6-10(8)12/h2-3,6-7H,1,5H2/b13-7+. The van der Waals surface area contributed by atoms with Crippen molar-refractivity contribution in [2.24, 2.45) is 5.16 Å². The molecule has 14 heavy (non-hydrogen) atoms. The fraction of sp³-hybridized carbons (Fsp3) is 0.100. The van der Waals surface area contributed by atoms with Crippen molar-refractivity contribution in [3.05, 3.63) is 46.5 Å². The van der Waals surface area contributed by atoms with Gasteiger partial charge in [0.25, 0.3) is 0 Å². The Kier molecular flexibility index (Phi) is 4.50. The maximum Gasteiger partial charge on any atom is 0.135 e. The lowest BCUT2D eigenvalue weighted by atomic mass is 10.2. The first-order valence-corrected chi connectivity index (χ1v) is 4.62. The van der Waals surface area contributed by atoms with E-state index in [1.807, 2.05) is 0 Å². The molecule has 0 fully saturated rings. The van der Waals surface area contributed by atoms with Gasteiger partial charge in [0.2, 0.25) is 0 Å². The molecule has 1 aromatic rings. The van der Waals surface area contributed by atoms with Crippen LogP contribution in [0.3, 0.4) is 0 Å². The minimum absolute atomic E-state index is 0.366. The first-order chi connectivity index (χ1) is 6.74. The lowest BCUT2D eigenvalue weighted by molar-refractivity contribution is 0.176. The van der Waals surface area contributed by atoms with Gasteiger partial charge in [-0.25, -0.2) is 0 Å². The third-order valence-corrected chi connectivity index (χ3v) is 1.90. The summed E-state index contributed by atoms with van der Waals surface area (Å²) in [5, 5.41) is 4.66. The van der Waals surface area contributed by atoms with E-state index in [1.165, 1.54) is 6.21 Å². The van der Waals surface area contributed by atoms with E-state index in [0.717, 1.165) is 0 Å². The monoisotopic (exact) mass is 228 g/mol. The van der Waals surface area contributed by atoms with E-state index in [2.05, 4.69) is 17.8 Å². The van der Waals surface area contributed by atoms with Crippen molar-refractivity contribution in [3.8, 4) is 0 Å². The zero-order chi connectivity index (χ0) is 10.4. The van der Waals surface area contributed by atoms with Crippen LogP contribution in [0.5, 0.6) is 0 Å². The molecule has 0 aliphatic carbocycles. The van der Waals surface area contributed by atoms with Crippen LogP contribution in [0.2, 0.25) is 10.0 Å². The molecule has 1 radical (unpaired) electrons. The molecule has 0 aromatic heterocycles. The molecule has 0 heterocycles. The quantitative estimate of drug-likeness (QED) is 0.336. The van der Waals surface area contributed by atoms with E-state index in [-0.39, 0.29) is 0 Å². The van der Waals surface area contributed by atoms with Gasteiger partial charge in [0.15, 0.2) is 0 Å². The summed E-state index contributed by atoms with van der Waals surface area (Å²) in [5.41, 5.74) is 0.708. The Hall–Kier alpha value is -0.990. The highest BCUT2D eigenvalue weighted by Gasteiger charge is 1.97. The molecular formula is C10H8Cl2NO. The van der Waals surface area contributed by atoms with Crippen molar-refractivity contribution in [1.82, 2.24) is 0 Å². The van der Waals surface area contributed by atoms with Gasteiger partial charge in [-0.05, 0) is 12.1 Å². The zero-order valence-corrected chi connectivity index (χ0v) is 8.85. The lowest BCUT2D eigenvalue weighted by Crippen LogP contribution is -1.86. The molecule has 73 valence electrons. The fourth-order valence-corrected chi connectivity index (χ4v) is 1.17. The zero-order valence-electron chi connectivity index (χ0n) is 7.34. The number of nitrogens with zero attached hydrogens (tertiary/aromatic N) is 1. The van der Waals surface area contributed by atoms with E-state index in [9.17, 15) is 0 Å². The van der Waals surface area contributed by atoms with Crippen LogP contribution in [0.15, 0.2) is 29.9 Å². The van der Waals surface area contributed by atoms with E-state index in [1.54, 1.807) is 18.2 Å². The number of halogens is 2. The van der Waals surface area contributed by atoms with Gasteiger partial charge in [0.1, 0.15) is 6.61 Å². The number of hydrogen-bond acceptors (Lipinski definition) is 2. The molecule has 2 nitrogen and oxygen atoms in total. The number of benzene rings is 1. The van der Waals surface area contributed by atoms with Crippen LogP contribution < -0.4 is 0 Å². The van der Waals surface area contributed by atoms with Crippen molar-refractivity contribution < 1.29 is 4.84 Å². The molecule has 0 aliphatic heterocycles. The van der Waals surface area contributed by atoms with Crippen molar-refractivity contribution in [1.29, 1.82) is 0 Å². The van der Waals surface area contributed by atoms with Gasteiger partial charge < -0.3 is 4.84 Å². The summed E-state index contributed by atoms with van der Waals surface area (Å²) in [6, 6.07) is 6.04. The molecule has 0 spiro atoms. The largest absolute Gasteiger partial charge is 0.392 e. The third kappa shape index (κ3) is 3.40. The number of rotatable bonds is 4. The topological polar surface area (TPSA) is 21.6 Å². The summed E-state index contributed by atoms with van der Waals surface area (Å²) >= 11 is 11.5. The summed E-state index contributed by atoms with van der Waals surface area (Å²) in [7, 11) is 0. The Bertz CT molecular complexity index is 350. The molecule has 0 bridgehead atoms. The van der Waals surface area contributed by atoms with Gasteiger partial charge >= 0.3 is 0 Å². The SMILES string of the molecule is C=CCO/N=C/c1c[c]c(Cl)cc1Cl. The van der Waals surface area contributed by atoms with Crippen LogP contribution in [0.25, 0.3) is 0 Å². The normalized spacial score (nSPS) is 10.4. The molecule has 1 rings (SSSR count). The molecule has 0 unspecified atom stereocenters. The minimum Gasteiger partial charge on any atom is -0.392 e. The molecule has 0 N–H and O–H groups in total. The van der Waals surface area contributed by atoms with Gasteiger partial charge in [0, 0.05) is 16.7 Å². The van der Waals surface area contributed by atoms with Crippen LogP contribution >= 0.6 is 23.2 Å². The highest BCUT2D eigenvalue weighted by molar-refractivity contribution is 6.36. The van der Waals surface area contributed by atoms with E-state index >= 15 is 0 Å². The van der Waals surface area contributed by atoms with Gasteiger partial charge in [-0.15, -0.1) is 0 Å². The molecule has 4 heteroatoms. The maximum atomic E-state index is 5.87. The van der Waals surface area contributed by atoms with E-state index < -0.39 is 0 Å². The van der Waals surface area contributed by atoms with Gasteiger partial charge in [0.05, 0.1) is 11.2 Å².